The van der Waals surface area contributed by atoms with Crippen LogP contribution in [-0.4, -0.2) is 55.7 Å². The Balaban J connectivity index is 1.31. The van der Waals surface area contributed by atoms with Gasteiger partial charge in [-0.25, -0.2) is 14.8 Å². The highest BCUT2D eigenvalue weighted by atomic mass is 16.6. The van der Waals surface area contributed by atoms with Crippen molar-refractivity contribution < 1.29 is 19.1 Å². The first-order chi connectivity index (χ1) is 19.5. The van der Waals surface area contributed by atoms with Gasteiger partial charge in [-0.05, 0) is 35.6 Å². The fourth-order valence-corrected chi connectivity index (χ4v) is 4.71. The van der Waals surface area contributed by atoms with Crippen molar-refractivity contribution in [3.8, 4) is 11.1 Å². The molecule has 0 spiro atoms. The lowest BCUT2D eigenvalue weighted by molar-refractivity contribution is -0.120. The molecule has 3 aromatic carbocycles. The van der Waals surface area contributed by atoms with Crippen molar-refractivity contribution in [2.75, 3.05) is 37.8 Å². The van der Waals surface area contributed by atoms with Crippen LogP contribution in [0.4, 0.5) is 10.5 Å². The highest BCUT2D eigenvalue weighted by molar-refractivity contribution is 5.93. The normalized spacial score (nSPS) is 13.4. The lowest BCUT2D eigenvalue weighted by atomic mass is 10.0. The number of rotatable bonds is 12. The topological polar surface area (TPSA) is 117 Å². The van der Waals surface area contributed by atoms with Crippen LogP contribution < -0.4 is 21.4 Å². The Morgan fingerprint density at radius 1 is 0.850 bits per heavy atom. The van der Waals surface area contributed by atoms with Crippen molar-refractivity contribution in [1.29, 1.82) is 0 Å². The molecular formula is C31H37N5O4. The predicted molar refractivity (Wildman–Crippen MR) is 155 cm³/mol. The summed E-state index contributed by atoms with van der Waals surface area (Å²) in [5, 5.41) is 9.50. The molecule has 9 heteroatoms. The number of nitrogens with two attached hydrogens (primary N) is 1. The lowest BCUT2D eigenvalue weighted by Crippen LogP contribution is -2.50. The average molecular weight is 544 g/mol. The summed E-state index contributed by atoms with van der Waals surface area (Å²) in [5.41, 5.74) is 9.73. The molecule has 1 aliphatic rings. The van der Waals surface area contributed by atoms with E-state index >= 15 is 0 Å². The summed E-state index contributed by atoms with van der Waals surface area (Å²) < 4.78 is 5.66. The molecule has 1 saturated heterocycles. The molecule has 9 nitrogen and oxygen atoms in total. The van der Waals surface area contributed by atoms with E-state index in [9.17, 15) is 14.4 Å². The fraction of sp³-hybridized carbons (Fsp3) is 0.323. The zero-order chi connectivity index (χ0) is 28.2. The number of para-hydroxylation sites is 1. The van der Waals surface area contributed by atoms with Gasteiger partial charge in [0.2, 0.25) is 11.8 Å². The molecule has 40 heavy (non-hydrogen) atoms. The minimum absolute atomic E-state index is 0.0624. The van der Waals surface area contributed by atoms with Gasteiger partial charge in [0.05, 0.1) is 25.2 Å². The molecule has 3 amide bonds. The number of hydrogen-bond acceptors (Lipinski definition) is 6. The fourth-order valence-electron chi connectivity index (χ4n) is 4.71. The largest absolute Gasteiger partial charge is 0.446 e. The Kier molecular flexibility index (Phi) is 10.7. The van der Waals surface area contributed by atoms with Crippen LogP contribution >= 0.6 is 0 Å². The lowest BCUT2D eigenvalue weighted by Gasteiger charge is -2.37. The van der Waals surface area contributed by atoms with Gasteiger partial charge in [0.15, 0.2) is 0 Å². The van der Waals surface area contributed by atoms with Crippen LogP contribution in [0, 0.1) is 0 Å². The van der Waals surface area contributed by atoms with E-state index in [1.165, 1.54) is 0 Å². The number of nitrogens with zero attached hydrogens (tertiary/aromatic N) is 2. The van der Waals surface area contributed by atoms with Crippen molar-refractivity contribution in [3.63, 3.8) is 0 Å². The van der Waals surface area contributed by atoms with Crippen molar-refractivity contribution >= 4 is 23.6 Å². The third-order valence-electron chi connectivity index (χ3n) is 6.67. The van der Waals surface area contributed by atoms with Gasteiger partial charge in [-0.15, -0.1) is 0 Å². The molecule has 1 fully saturated rings. The quantitative estimate of drug-likeness (QED) is 0.301. The molecule has 0 saturated carbocycles. The van der Waals surface area contributed by atoms with Gasteiger partial charge in [-0.2, -0.15) is 0 Å². The van der Waals surface area contributed by atoms with E-state index in [0.717, 1.165) is 60.3 Å². The Bertz CT molecular complexity index is 1260. The summed E-state index contributed by atoms with van der Waals surface area (Å²) in [4.78, 5) is 36.7. The number of amides is 3. The van der Waals surface area contributed by atoms with Gasteiger partial charge in [0, 0.05) is 25.2 Å². The molecule has 0 aliphatic carbocycles. The number of carbonyl (C=O) groups is 3. The minimum atomic E-state index is -0.458. The van der Waals surface area contributed by atoms with Gasteiger partial charge in [0.25, 0.3) is 0 Å². The molecule has 0 aromatic heterocycles. The molecule has 1 aliphatic heterocycles. The summed E-state index contributed by atoms with van der Waals surface area (Å²) in [5.74, 6) is -0.562. The van der Waals surface area contributed by atoms with Gasteiger partial charge in [0.1, 0.15) is 6.61 Å². The van der Waals surface area contributed by atoms with Crippen LogP contribution in [0.15, 0.2) is 78.9 Å². The maximum Gasteiger partial charge on any atom is 0.429 e. The van der Waals surface area contributed by atoms with Gasteiger partial charge in [-0.3, -0.25) is 9.59 Å². The van der Waals surface area contributed by atoms with Crippen LogP contribution in [0.3, 0.4) is 0 Å². The molecule has 3 aromatic rings. The zero-order valence-corrected chi connectivity index (χ0v) is 22.7. The van der Waals surface area contributed by atoms with Crippen LogP contribution in [-0.2, 0) is 27.3 Å². The molecule has 210 valence electrons. The summed E-state index contributed by atoms with van der Waals surface area (Å²) in [6.45, 7) is 2.46. The van der Waals surface area contributed by atoms with Crippen molar-refractivity contribution in [1.82, 2.24) is 15.6 Å². The molecule has 0 unspecified atom stereocenters. The smallest absolute Gasteiger partial charge is 0.429 e. The Morgan fingerprint density at radius 3 is 2.25 bits per heavy atom. The third-order valence-corrected chi connectivity index (χ3v) is 6.67. The summed E-state index contributed by atoms with van der Waals surface area (Å²) >= 11 is 0. The first-order valence-corrected chi connectivity index (χ1v) is 13.7. The molecule has 1 heterocycles. The van der Waals surface area contributed by atoms with E-state index < -0.39 is 12.0 Å². The Hall–Kier alpha value is -4.21. The van der Waals surface area contributed by atoms with E-state index in [0.29, 0.717) is 6.54 Å². The van der Waals surface area contributed by atoms with Crippen molar-refractivity contribution in [2.45, 2.75) is 32.2 Å². The first-order valence-electron chi connectivity index (χ1n) is 13.7. The number of carbonyl (C=O) groups excluding carboxylic acids is 3. The predicted octanol–water partition coefficient (Wildman–Crippen LogP) is 3.63. The summed E-state index contributed by atoms with van der Waals surface area (Å²) in [6.07, 6.45) is 2.92. The second kappa shape index (κ2) is 14.8. The maximum absolute atomic E-state index is 13.4. The number of ether oxygens (including phenoxy) is 1. The van der Waals surface area contributed by atoms with Gasteiger partial charge in [-0.1, -0.05) is 79.2 Å². The molecule has 0 radical (unpaired) electrons. The highest BCUT2D eigenvalue weighted by Crippen LogP contribution is 2.33. The third kappa shape index (κ3) is 8.39. The first kappa shape index (κ1) is 28.8. The van der Waals surface area contributed by atoms with E-state index in [4.69, 9.17) is 10.5 Å². The van der Waals surface area contributed by atoms with Crippen molar-refractivity contribution in [2.24, 2.45) is 5.73 Å². The van der Waals surface area contributed by atoms with E-state index in [1.54, 1.807) is 5.01 Å². The number of anilines is 1. The second-order valence-electron chi connectivity index (χ2n) is 9.74. The number of nitrogens with one attached hydrogen (secondary N) is 2. The van der Waals surface area contributed by atoms with Gasteiger partial charge < -0.3 is 21.1 Å². The summed E-state index contributed by atoms with van der Waals surface area (Å²) in [7, 11) is 0. The average Bonchev–Trinajstić information content (AvgIpc) is 2.97. The van der Waals surface area contributed by atoms with E-state index in [1.807, 2.05) is 78.9 Å². The Labute approximate surface area is 235 Å². The molecule has 4 N–H and O–H groups in total. The van der Waals surface area contributed by atoms with Crippen LogP contribution in [0.25, 0.3) is 11.1 Å². The zero-order valence-electron chi connectivity index (χ0n) is 22.7. The molecular weight excluding hydrogens is 506 g/mol. The number of hydrogen-bond donors (Lipinski definition) is 3. The van der Waals surface area contributed by atoms with Crippen LogP contribution in [0.1, 0.15) is 30.4 Å². The highest BCUT2D eigenvalue weighted by Gasteiger charge is 2.28. The Morgan fingerprint density at radius 2 is 1.52 bits per heavy atom. The second-order valence-corrected chi connectivity index (χ2v) is 9.74. The van der Waals surface area contributed by atoms with Gasteiger partial charge >= 0.3 is 6.09 Å². The molecule has 4 rings (SSSR count). The van der Waals surface area contributed by atoms with E-state index in [-0.39, 0.29) is 32.0 Å². The summed E-state index contributed by atoms with van der Waals surface area (Å²) in [6, 6.07) is 25.4. The molecule has 0 atom stereocenters. The SMILES string of the molecule is NC(=O)CNCc1ccc(CC(=O)NCCOC(=O)N(c2ccccc2-c2ccccc2)N2CCCCC2)cc1. The number of benzene rings is 3. The van der Waals surface area contributed by atoms with Crippen LogP contribution in [0.5, 0.6) is 0 Å². The number of hydrazine groups is 1. The van der Waals surface area contributed by atoms with Crippen LogP contribution in [0.2, 0.25) is 0 Å². The standard InChI is InChI=1S/C31H37N5O4/c32-29(37)23-33-22-25-15-13-24(14-16-25)21-30(38)34-17-20-40-31(39)36(35-18-7-2-8-19-35)28-12-6-5-11-27(28)26-9-3-1-4-10-26/h1,3-6,9-16,33H,2,7-8,17-23H2,(H2,32,37)(H,34,38). The van der Waals surface area contributed by atoms with Crippen molar-refractivity contribution in [3.05, 3.63) is 90.0 Å². The minimum Gasteiger partial charge on any atom is -0.446 e. The van der Waals surface area contributed by atoms with E-state index in [2.05, 4.69) is 15.6 Å². The maximum atomic E-state index is 13.4. The monoisotopic (exact) mass is 543 g/mol. The number of piperidine rings is 1. The molecule has 0 bridgehead atoms. The number of primary amides is 1.